The lowest BCUT2D eigenvalue weighted by Gasteiger charge is -2.34. The zero-order chi connectivity index (χ0) is 19.8. The maximum absolute atomic E-state index is 13.4. The normalized spacial score (nSPS) is 23.3. The van der Waals surface area contributed by atoms with Crippen LogP contribution in [-0.4, -0.2) is 11.5 Å². The van der Waals surface area contributed by atoms with Crippen LogP contribution >= 0.6 is 11.6 Å². The largest absolute Gasteiger partial charge is 0.375 e. The molecule has 1 N–H and O–H groups in total. The van der Waals surface area contributed by atoms with Crippen LogP contribution in [0.1, 0.15) is 35.9 Å². The molecule has 1 saturated carbocycles. The number of anilines is 1. The van der Waals surface area contributed by atoms with Crippen molar-refractivity contribution in [1.29, 1.82) is 0 Å². The first-order valence-electron chi connectivity index (χ1n) is 9.95. The van der Waals surface area contributed by atoms with Crippen molar-refractivity contribution in [3.05, 3.63) is 95.0 Å². The number of nitrogens with one attached hydrogen (secondary N) is 1. The summed E-state index contributed by atoms with van der Waals surface area (Å²) in [6, 6.07) is 25.9. The maximum Gasteiger partial charge on any atom is 0.144 e. The monoisotopic (exact) mass is 400 g/mol. The topological polar surface area (TPSA) is 41.5 Å². The lowest BCUT2D eigenvalue weighted by Crippen LogP contribution is -2.38. The Bertz CT molecular complexity index is 1080. The molecule has 3 atom stereocenters. The highest BCUT2D eigenvalue weighted by Gasteiger charge is 2.41. The van der Waals surface area contributed by atoms with Crippen molar-refractivity contribution < 1.29 is 4.79 Å². The van der Waals surface area contributed by atoms with Crippen molar-refractivity contribution in [3.8, 4) is 0 Å². The van der Waals surface area contributed by atoms with Gasteiger partial charge in [-0.25, -0.2) is 0 Å². The molecule has 3 aromatic rings. The van der Waals surface area contributed by atoms with Gasteiger partial charge in [0.05, 0.1) is 23.3 Å². The molecule has 144 valence electrons. The molecule has 3 nitrogen and oxygen atoms in total. The van der Waals surface area contributed by atoms with Gasteiger partial charge in [-0.15, -0.1) is 0 Å². The molecule has 0 aromatic heterocycles. The highest BCUT2D eigenvalue weighted by Crippen LogP contribution is 2.43. The van der Waals surface area contributed by atoms with E-state index in [2.05, 4.69) is 17.4 Å². The molecule has 29 heavy (non-hydrogen) atoms. The summed E-state index contributed by atoms with van der Waals surface area (Å²) in [5, 5.41) is 4.29. The van der Waals surface area contributed by atoms with Crippen LogP contribution in [0, 0.1) is 5.92 Å². The molecule has 0 spiro atoms. The Labute approximate surface area is 175 Å². The number of nitrogens with zero attached hydrogens (tertiary/aromatic N) is 1. The number of fused-ring (bicyclic) bond motifs is 2. The molecule has 0 bridgehead atoms. The minimum atomic E-state index is -0.275. The minimum Gasteiger partial charge on any atom is -0.375 e. The molecule has 1 aliphatic carbocycles. The lowest BCUT2D eigenvalue weighted by molar-refractivity contribution is -0.122. The van der Waals surface area contributed by atoms with Crippen LogP contribution in [0.5, 0.6) is 0 Å². The first-order valence-corrected chi connectivity index (χ1v) is 10.3. The van der Waals surface area contributed by atoms with Crippen LogP contribution in [0.25, 0.3) is 0 Å². The third-order valence-corrected chi connectivity index (χ3v) is 6.17. The molecule has 1 aliphatic heterocycles. The van der Waals surface area contributed by atoms with Crippen molar-refractivity contribution in [3.63, 3.8) is 0 Å². The Morgan fingerprint density at radius 1 is 0.828 bits per heavy atom. The van der Waals surface area contributed by atoms with E-state index in [0.29, 0.717) is 11.4 Å². The lowest BCUT2D eigenvalue weighted by atomic mass is 9.72. The van der Waals surface area contributed by atoms with Crippen molar-refractivity contribution in [2.24, 2.45) is 10.9 Å². The number of ketones is 1. The maximum atomic E-state index is 13.4. The smallest absolute Gasteiger partial charge is 0.144 e. The van der Waals surface area contributed by atoms with Crippen molar-refractivity contribution in [1.82, 2.24) is 0 Å². The molecule has 1 unspecified atom stereocenters. The first kappa shape index (κ1) is 18.1. The molecule has 2 aliphatic rings. The average Bonchev–Trinajstić information content (AvgIpc) is 2.92. The average molecular weight is 401 g/mol. The van der Waals surface area contributed by atoms with E-state index < -0.39 is 0 Å². The van der Waals surface area contributed by atoms with E-state index in [4.69, 9.17) is 16.6 Å². The van der Waals surface area contributed by atoms with Crippen molar-refractivity contribution in [2.75, 3.05) is 5.32 Å². The van der Waals surface area contributed by atoms with Gasteiger partial charge in [-0.3, -0.25) is 9.79 Å². The van der Waals surface area contributed by atoms with Gasteiger partial charge in [0.25, 0.3) is 0 Å². The number of para-hydroxylation sites is 2. The summed E-state index contributed by atoms with van der Waals surface area (Å²) in [4.78, 5) is 18.4. The fourth-order valence-corrected chi connectivity index (χ4v) is 4.63. The van der Waals surface area contributed by atoms with Gasteiger partial charge in [0.2, 0.25) is 0 Å². The summed E-state index contributed by atoms with van der Waals surface area (Å²) in [5.74, 6) is 0.141. The molecule has 1 heterocycles. The van der Waals surface area contributed by atoms with Gasteiger partial charge in [0.1, 0.15) is 5.78 Å². The second-order valence-electron chi connectivity index (χ2n) is 7.75. The summed E-state index contributed by atoms with van der Waals surface area (Å²) in [7, 11) is 0. The number of hydrogen-bond acceptors (Lipinski definition) is 3. The van der Waals surface area contributed by atoms with Crippen LogP contribution < -0.4 is 5.32 Å². The Hall–Kier alpha value is -2.91. The van der Waals surface area contributed by atoms with Crippen molar-refractivity contribution >= 4 is 34.5 Å². The van der Waals surface area contributed by atoms with Gasteiger partial charge >= 0.3 is 0 Å². The van der Waals surface area contributed by atoms with Crippen LogP contribution in [0.15, 0.2) is 83.9 Å². The number of carbonyl (C=O) groups is 1. The third kappa shape index (κ3) is 3.47. The Balaban J connectivity index is 1.60. The van der Waals surface area contributed by atoms with Crippen LogP contribution in [0.2, 0.25) is 5.02 Å². The number of aliphatic imine (C=N–C) groups is 1. The predicted molar refractivity (Wildman–Crippen MR) is 118 cm³/mol. The van der Waals surface area contributed by atoms with Gasteiger partial charge in [0, 0.05) is 17.2 Å². The Kier molecular flexibility index (Phi) is 4.69. The molecule has 0 saturated heterocycles. The quantitative estimate of drug-likeness (QED) is 0.545. The Morgan fingerprint density at radius 2 is 1.55 bits per heavy atom. The summed E-state index contributed by atoms with van der Waals surface area (Å²) in [6.07, 6.45) is 1.33. The molecule has 0 amide bonds. The van der Waals surface area contributed by atoms with Gasteiger partial charge in [-0.05, 0) is 47.7 Å². The predicted octanol–water partition coefficient (Wildman–Crippen LogP) is 6.34. The highest BCUT2D eigenvalue weighted by atomic mass is 35.5. The fraction of sp³-hybridized carbons (Fsp3) is 0.200. The van der Waals surface area contributed by atoms with E-state index in [1.54, 1.807) is 0 Å². The zero-order valence-corrected chi connectivity index (χ0v) is 16.6. The summed E-state index contributed by atoms with van der Waals surface area (Å²) >= 11 is 6.11. The third-order valence-electron chi connectivity index (χ3n) is 5.92. The zero-order valence-electron chi connectivity index (χ0n) is 15.9. The van der Waals surface area contributed by atoms with E-state index in [1.165, 1.54) is 5.56 Å². The molecule has 4 heteroatoms. The van der Waals surface area contributed by atoms with Crippen LogP contribution in [0.3, 0.4) is 0 Å². The van der Waals surface area contributed by atoms with E-state index in [-0.39, 0.29) is 23.7 Å². The summed E-state index contributed by atoms with van der Waals surface area (Å²) in [5.41, 5.74) is 5.07. The van der Waals surface area contributed by atoms with Crippen LogP contribution in [0.4, 0.5) is 11.4 Å². The van der Waals surface area contributed by atoms with Crippen molar-refractivity contribution in [2.45, 2.75) is 24.8 Å². The van der Waals surface area contributed by atoms with Gasteiger partial charge < -0.3 is 5.32 Å². The standard InChI is InChI=1S/C25H21ClN2O/c26-19-12-10-17(11-13-19)25-24-22(27-20-8-4-5-9-21(20)28-25)14-18(15-23(24)29)16-6-2-1-3-7-16/h1-13,18,24-25,28H,14-15H2/t18-,24?,25-/m1/s1. The number of carbonyl (C=O) groups excluding carboxylic acids is 1. The molecule has 0 radical (unpaired) electrons. The second-order valence-corrected chi connectivity index (χ2v) is 8.19. The molecule has 5 rings (SSSR count). The van der Waals surface area contributed by atoms with E-state index >= 15 is 0 Å². The van der Waals surface area contributed by atoms with Gasteiger partial charge in [0.15, 0.2) is 0 Å². The molecular weight excluding hydrogens is 380 g/mol. The summed E-state index contributed by atoms with van der Waals surface area (Å²) < 4.78 is 0. The minimum absolute atomic E-state index is 0.154. The number of halogens is 1. The Morgan fingerprint density at radius 3 is 2.34 bits per heavy atom. The van der Waals surface area contributed by atoms with E-state index in [0.717, 1.165) is 29.1 Å². The SMILES string of the molecule is O=C1C[C@H](c2ccccc2)CC2=Nc3ccccc3N[C@H](c3ccc(Cl)cc3)C12. The molecule has 3 aromatic carbocycles. The first-order chi connectivity index (χ1) is 14.2. The van der Waals surface area contributed by atoms with Crippen LogP contribution in [-0.2, 0) is 4.79 Å². The second kappa shape index (κ2) is 7.49. The molecular formula is C25H21ClN2O. The van der Waals surface area contributed by atoms with Gasteiger partial charge in [-0.2, -0.15) is 0 Å². The number of rotatable bonds is 2. The number of benzene rings is 3. The fourth-order valence-electron chi connectivity index (χ4n) is 4.51. The highest BCUT2D eigenvalue weighted by molar-refractivity contribution is 6.30. The number of Topliss-reactive ketones (excluding diaryl/α,β-unsaturated/α-hetero) is 1. The van der Waals surface area contributed by atoms with E-state index in [1.807, 2.05) is 66.7 Å². The van der Waals surface area contributed by atoms with Gasteiger partial charge in [-0.1, -0.05) is 66.2 Å². The number of hydrogen-bond donors (Lipinski definition) is 1. The summed E-state index contributed by atoms with van der Waals surface area (Å²) in [6.45, 7) is 0. The van der Waals surface area contributed by atoms with E-state index in [9.17, 15) is 4.79 Å². The molecule has 1 fully saturated rings.